The average molecular weight is 263 g/mol. The third-order valence-electron chi connectivity index (χ3n) is 4.81. The lowest BCUT2D eigenvalue weighted by Crippen LogP contribution is -2.54. The van der Waals surface area contributed by atoms with E-state index in [4.69, 9.17) is 0 Å². The number of ketones is 1. The first kappa shape index (κ1) is 14.3. The first-order chi connectivity index (χ1) is 9.05. The summed E-state index contributed by atoms with van der Waals surface area (Å²) in [4.78, 5) is 27.0. The number of nitrogens with zero attached hydrogens (tertiary/aromatic N) is 1. The number of hydrogen-bond acceptors (Lipinski definition) is 2. The molecule has 3 heteroatoms. The van der Waals surface area contributed by atoms with Gasteiger partial charge in [-0.1, -0.05) is 26.0 Å². The molecule has 0 N–H and O–H groups in total. The van der Waals surface area contributed by atoms with E-state index in [2.05, 4.69) is 20.4 Å². The van der Waals surface area contributed by atoms with E-state index in [1.165, 1.54) is 0 Å². The third kappa shape index (κ3) is 2.35. The van der Waals surface area contributed by atoms with E-state index in [1.54, 1.807) is 0 Å². The van der Waals surface area contributed by atoms with E-state index < -0.39 is 5.54 Å². The maximum Gasteiger partial charge on any atom is 0.223 e. The predicted molar refractivity (Wildman–Crippen MR) is 75.8 cm³/mol. The molecular formula is C16H25NO2. The van der Waals surface area contributed by atoms with Crippen LogP contribution < -0.4 is 0 Å². The Morgan fingerprint density at radius 2 is 2.11 bits per heavy atom. The fourth-order valence-corrected chi connectivity index (χ4v) is 3.67. The topological polar surface area (TPSA) is 37.4 Å². The molecule has 2 heterocycles. The fraction of sp³-hybridized carbons (Fsp3) is 0.750. The molecule has 2 rings (SSSR count). The van der Waals surface area contributed by atoms with Crippen LogP contribution in [0.1, 0.15) is 65.2 Å². The Balaban J connectivity index is 2.39. The van der Waals surface area contributed by atoms with Gasteiger partial charge in [0.2, 0.25) is 5.91 Å². The summed E-state index contributed by atoms with van der Waals surface area (Å²) < 4.78 is 0. The largest absolute Gasteiger partial charge is 0.327 e. The van der Waals surface area contributed by atoms with E-state index in [0.717, 1.165) is 31.3 Å². The van der Waals surface area contributed by atoms with Crippen LogP contribution in [0.15, 0.2) is 12.2 Å². The summed E-state index contributed by atoms with van der Waals surface area (Å²) in [6, 6.07) is 0.249. The van der Waals surface area contributed by atoms with Gasteiger partial charge in [0.1, 0.15) is 5.54 Å². The van der Waals surface area contributed by atoms with Gasteiger partial charge in [0, 0.05) is 18.9 Å². The molecule has 0 aliphatic carbocycles. The van der Waals surface area contributed by atoms with Gasteiger partial charge < -0.3 is 4.90 Å². The number of Topliss-reactive ketones (excluding diaryl/α,β-unsaturated/α-hetero) is 1. The van der Waals surface area contributed by atoms with Crippen molar-refractivity contribution in [3.63, 3.8) is 0 Å². The normalized spacial score (nSPS) is 31.3. The van der Waals surface area contributed by atoms with Crippen molar-refractivity contribution in [2.45, 2.75) is 76.8 Å². The van der Waals surface area contributed by atoms with E-state index in [-0.39, 0.29) is 17.7 Å². The van der Waals surface area contributed by atoms with Crippen molar-refractivity contribution < 1.29 is 9.59 Å². The van der Waals surface area contributed by atoms with Crippen LogP contribution in [0.5, 0.6) is 0 Å². The van der Waals surface area contributed by atoms with Crippen LogP contribution in [0.25, 0.3) is 0 Å². The first-order valence-electron chi connectivity index (χ1n) is 7.57. The summed E-state index contributed by atoms with van der Waals surface area (Å²) in [5.41, 5.74) is 0.534. The molecule has 3 nitrogen and oxygen atoms in total. The number of fused-ring (bicyclic) bond motifs is 1. The summed E-state index contributed by atoms with van der Waals surface area (Å²) in [6.45, 7) is 8.25. The van der Waals surface area contributed by atoms with Crippen LogP contribution in [0.4, 0.5) is 0 Å². The standard InChI is InChI=1S/C16H25NO2/c1-4-12(3)11-16-10-9-13(5-2)17(16)15(19)8-6-7-14(16)18/h13H,3-11H2,1-2H3/t13-,16+/m0/s1. The second-order valence-electron chi connectivity index (χ2n) is 5.95. The molecule has 0 aromatic carbocycles. The molecule has 19 heavy (non-hydrogen) atoms. The molecule has 0 spiro atoms. The summed E-state index contributed by atoms with van der Waals surface area (Å²) in [5, 5.41) is 0. The summed E-state index contributed by atoms with van der Waals surface area (Å²) >= 11 is 0. The number of hydrogen-bond donors (Lipinski definition) is 0. The first-order valence-corrected chi connectivity index (χ1v) is 7.57. The van der Waals surface area contributed by atoms with E-state index in [0.29, 0.717) is 25.7 Å². The second-order valence-corrected chi connectivity index (χ2v) is 5.95. The highest BCUT2D eigenvalue weighted by molar-refractivity contribution is 5.96. The van der Waals surface area contributed by atoms with Crippen LogP contribution >= 0.6 is 0 Å². The zero-order chi connectivity index (χ0) is 14.0. The van der Waals surface area contributed by atoms with Gasteiger partial charge in [0.05, 0.1) is 0 Å². The van der Waals surface area contributed by atoms with Crippen LogP contribution in [-0.2, 0) is 9.59 Å². The number of carbonyl (C=O) groups excluding carboxylic acids is 2. The average Bonchev–Trinajstić information content (AvgIpc) is 2.72. The third-order valence-corrected chi connectivity index (χ3v) is 4.81. The SMILES string of the molecule is C=C(CC)C[C@@]12CC[C@H](CC)N1C(=O)CCCC2=O. The number of rotatable bonds is 4. The minimum Gasteiger partial charge on any atom is -0.327 e. The second kappa shape index (κ2) is 5.48. The predicted octanol–water partition coefficient (Wildman–Crippen LogP) is 3.24. The van der Waals surface area contributed by atoms with Gasteiger partial charge in [-0.05, 0) is 38.5 Å². The van der Waals surface area contributed by atoms with Crippen molar-refractivity contribution in [1.82, 2.24) is 4.90 Å². The molecule has 0 bridgehead atoms. The van der Waals surface area contributed by atoms with Crippen molar-refractivity contribution in [2.75, 3.05) is 0 Å². The van der Waals surface area contributed by atoms with Gasteiger partial charge in [-0.25, -0.2) is 0 Å². The Labute approximate surface area is 116 Å². The van der Waals surface area contributed by atoms with Gasteiger partial charge in [0.15, 0.2) is 5.78 Å². The Morgan fingerprint density at radius 3 is 2.74 bits per heavy atom. The van der Waals surface area contributed by atoms with Gasteiger partial charge in [-0.15, -0.1) is 0 Å². The maximum atomic E-state index is 12.6. The highest BCUT2D eigenvalue weighted by Gasteiger charge is 2.53. The van der Waals surface area contributed by atoms with Crippen LogP contribution in [0, 0.1) is 0 Å². The van der Waals surface area contributed by atoms with Crippen LogP contribution in [0.2, 0.25) is 0 Å². The molecule has 0 saturated carbocycles. The molecule has 2 saturated heterocycles. The number of amides is 1. The van der Waals surface area contributed by atoms with Crippen LogP contribution in [-0.4, -0.2) is 28.2 Å². The van der Waals surface area contributed by atoms with Crippen molar-refractivity contribution in [3.8, 4) is 0 Å². The summed E-state index contributed by atoms with van der Waals surface area (Å²) in [5.74, 6) is 0.447. The summed E-state index contributed by atoms with van der Waals surface area (Å²) in [7, 11) is 0. The molecule has 2 aliphatic heterocycles. The highest BCUT2D eigenvalue weighted by Crippen LogP contribution is 2.43. The van der Waals surface area contributed by atoms with Crippen molar-refractivity contribution in [1.29, 1.82) is 0 Å². The van der Waals surface area contributed by atoms with Gasteiger partial charge in [-0.2, -0.15) is 0 Å². The van der Waals surface area contributed by atoms with Crippen LogP contribution in [0.3, 0.4) is 0 Å². The van der Waals surface area contributed by atoms with Crippen molar-refractivity contribution in [3.05, 3.63) is 12.2 Å². The summed E-state index contributed by atoms with van der Waals surface area (Å²) in [6.07, 6.45) is 6.08. The van der Waals surface area contributed by atoms with E-state index >= 15 is 0 Å². The lowest BCUT2D eigenvalue weighted by atomic mass is 9.82. The molecule has 2 aliphatic rings. The van der Waals surface area contributed by atoms with Gasteiger partial charge >= 0.3 is 0 Å². The van der Waals surface area contributed by atoms with E-state index in [9.17, 15) is 9.59 Å². The molecule has 2 atom stereocenters. The Bertz CT molecular complexity index is 402. The van der Waals surface area contributed by atoms with Gasteiger partial charge in [-0.3, -0.25) is 9.59 Å². The molecular weight excluding hydrogens is 238 g/mol. The monoisotopic (exact) mass is 263 g/mol. The Hall–Kier alpha value is -1.12. The number of carbonyl (C=O) groups is 2. The fourth-order valence-electron chi connectivity index (χ4n) is 3.67. The molecule has 1 amide bonds. The molecule has 106 valence electrons. The zero-order valence-corrected chi connectivity index (χ0v) is 12.2. The zero-order valence-electron chi connectivity index (χ0n) is 12.2. The maximum absolute atomic E-state index is 12.6. The lowest BCUT2D eigenvalue weighted by molar-refractivity contribution is -0.143. The minimum absolute atomic E-state index is 0.180. The highest BCUT2D eigenvalue weighted by atomic mass is 16.2. The molecule has 0 aromatic rings. The molecule has 0 aromatic heterocycles. The Morgan fingerprint density at radius 1 is 1.37 bits per heavy atom. The molecule has 0 unspecified atom stereocenters. The quantitative estimate of drug-likeness (QED) is 0.730. The van der Waals surface area contributed by atoms with Crippen molar-refractivity contribution in [2.24, 2.45) is 0 Å². The smallest absolute Gasteiger partial charge is 0.223 e. The van der Waals surface area contributed by atoms with E-state index in [1.807, 2.05) is 4.90 Å². The minimum atomic E-state index is -0.554. The molecule has 2 fully saturated rings. The van der Waals surface area contributed by atoms with Gasteiger partial charge in [0.25, 0.3) is 0 Å². The Kier molecular flexibility index (Phi) is 4.12. The molecule has 0 radical (unpaired) electrons. The van der Waals surface area contributed by atoms with Crippen molar-refractivity contribution >= 4 is 11.7 Å². The lowest BCUT2D eigenvalue weighted by Gasteiger charge is -2.39.